The number of hydrogen-bond donors (Lipinski definition) is 1. The first-order valence-electron chi connectivity index (χ1n) is 10.5. The zero-order chi connectivity index (χ0) is 24.6. The van der Waals surface area contributed by atoms with Crippen LogP contribution in [0.4, 0.5) is 13.2 Å². The van der Waals surface area contributed by atoms with Crippen LogP contribution in [0.2, 0.25) is 0 Å². The number of carbonyl (C=O) groups excluding carboxylic acids is 2. The molecular formula is C26H24F3NO4. The molecule has 0 radical (unpaired) electrons. The van der Waals surface area contributed by atoms with Crippen LogP contribution < -0.4 is 10.1 Å². The molecule has 1 N–H and O–H groups in total. The van der Waals surface area contributed by atoms with E-state index in [2.05, 4.69) is 5.32 Å². The first-order valence-corrected chi connectivity index (χ1v) is 10.5. The molecule has 0 aromatic heterocycles. The summed E-state index contributed by atoms with van der Waals surface area (Å²) in [7, 11) is 1.20. The van der Waals surface area contributed by atoms with Crippen molar-refractivity contribution in [3.8, 4) is 5.75 Å². The summed E-state index contributed by atoms with van der Waals surface area (Å²) >= 11 is 0. The largest absolute Gasteiger partial charge is 0.489 e. The van der Waals surface area contributed by atoms with Gasteiger partial charge in [0, 0.05) is 6.42 Å². The van der Waals surface area contributed by atoms with E-state index in [4.69, 9.17) is 9.47 Å². The molecule has 34 heavy (non-hydrogen) atoms. The van der Waals surface area contributed by atoms with Gasteiger partial charge in [-0.2, -0.15) is 13.2 Å². The molecule has 0 aliphatic rings. The van der Waals surface area contributed by atoms with Crippen molar-refractivity contribution in [2.45, 2.75) is 31.7 Å². The van der Waals surface area contributed by atoms with Gasteiger partial charge in [0.15, 0.2) is 0 Å². The molecule has 0 unspecified atom stereocenters. The van der Waals surface area contributed by atoms with E-state index in [-0.39, 0.29) is 18.4 Å². The number of amides is 1. The third-order valence-electron chi connectivity index (χ3n) is 5.03. The molecule has 5 nitrogen and oxygen atoms in total. The predicted octanol–water partition coefficient (Wildman–Crippen LogP) is 4.73. The number of carbonyl (C=O) groups is 2. The normalized spacial score (nSPS) is 12.0. The highest BCUT2D eigenvalue weighted by molar-refractivity contribution is 5.85. The molecule has 0 aliphatic carbocycles. The minimum Gasteiger partial charge on any atom is -0.489 e. The second-order valence-corrected chi connectivity index (χ2v) is 7.64. The molecule has 0 saturated heterocycles. The Morgan fingerprint density at radius 2 is 1.56 bits per heavy atom. The van der Waals surface area contributed by atoms with Crippen LogP contribution in [0.5, 0.6) is 5.75 Å². The first-order chi connectivity index (χ1) is 16.2. The summed E-state index contributed by atoms with van der Waals surface area (Å²) in [6.45, 7) is 0.373. The lowest BCUT2D eigenvalue weighted by Gasteiger charge is -2.17. The number of alkyl halides is 3. The number of rotatable bonds is 9. The van der Waals surface area contributed by atoms with Crippen LogP contribution in [-0.2, 0) is 40.0 Å². The summed E-state index contributed by atoms with van der Waals surface area (Å²) < 4.78 is 49.4. The Labute approximate surface area is 195 Å². The minimum absolute atomic E-state index is 0.129. The summed E-state index contributed by atoms with van der Waals surface area (Å²) in [6, 6.07) is 20.2. The molecule has 178 valence electrons. The molecule has 1 atom stereocenters. The second kappa shape index (κ2) is 11.4. The van der Waals surface area contributed by atoms with E-state index in [0.29, 0.717) is 12.4 Å². The smallest absolute Gasteiger partial charge is 0.416 e. The van der Waals surface area contributed by atoms with Gasteiger partial charge in [0.25, 0.3) is 0 Å². The minimum atomic E-state index is -4.51. The summed E-state index contributed by atoms with van der Waals surface area (Å²) in [5.41, 5.74) is 1.07. The SMILES string of the molecule is COC(=O)[C@H](Cc1cccc(OCc2ccccc2)c1)NC(=O)Cc1cccc(C(F)(F)F)c1. The zero-order valence-corrected chi connectivity index (χ0v) is 18.5. The summed E-state index contributed by atoms with van der Waals surface area (Å²) in [6.07, 6.45) is -4.68. The van der Waals surface area contributed by atoms with Gasteiger partial charge in [-0.1, -0.05) is 60.7 Å². The monoisotopic (exact) mass is 471 g/mol. The molecule has 0 heterocycles. The molecule has 8 heteroatoms. The maximum absolute atomic E-state index is 12.9. The van der Waals surface area contributed by atoms with E-state index in [1.165, 1.54) is 19.2 Å². The summed E-state index contributed by atoms with van der Waals surface area (Å²) in [4.78, 5) is 24.8. The topological polar surface area (TPSA) is 64.6 Å². The van der Waals surface area contributed by atoms with Crippen LogP contribution in [0, 0.1) is 0 Å². The highest BCUT2D eigenvalue weighted by Gasteiger charge is 2.30. The van der Waals surface area contributed by atoms with Gasteiger partial charge >= 0.3 is 12.1 Å². The van der Waals surface area contributed by atoms with Gasteiger partial charge in [0.05, 0.1) is 19.1 Å². The number of esters is 1. The van der Waals surface area contributed by atoms with Crippen molar-refractivity contribution in [2.24, 2.45) is 0 Å². The van der Waals surface area contributed by atoms with Crippen molar-refractivity contribution in [1.82, 2.24) is 5.32 Å². The molecule has 0 saturated carbocycles. The number of ether oxygens (including phenoxy) is 2. The van der Waals surface area contributed by atoms with E-state index in [1.807, 2.05) is 30.3 Å². The Bertz CT molecular complexity index is 1120. The Morgan fingerprint density at radius 1 is 0.882 bits per heavy atom. The van der Waals surface area contributed by atoms with Gasteiger partial charge in [-0.05, 0) is 34.9 Å². The van der Waals surface area contributed by atoms with Crippen molar-refractivity contribution in [1.29, 1.82) is 0 Å². The summed E-state index contributed by atoms with van der Waals surface area (Å²) in [5, 5.41) is 2.56. The van der Waals surface area contributed by atoms with Crippen molar-refractivity contribution in [3.05, 3.63) is 101 Å². The Hall–Kier alpha value is -3.81. The molecule has 3 rings (SSSR count). The van der Waals surface area contributed by atoms with E-state index in [9.17, 15) is 22.8 Å². The average molecular weight is 471 g/mol. The zero-order valence-electron chi connectivity index (χ0n) is 18.5. The first kappa shape index (κ1) is 24.8. The van der Waals surface area contributed by atoms with Crippen molar-refractivity contribution >= 4 is 11.9 Å². The fourth-order valence-corrected chi connectivity index (χ4v) is 3.36. The van der Waals surface area contributed by atoms with Crippen LogP contribution >= 0.6 is 0 Å². The number of halogens is 3. The van der Waals surface area contributed by atoms with Crippen molar-refractivity contribution in [3.63, 3.8) is 0 Å². The molecule has 0 aliphatic heterocycles. The third-order valence-corrected chi connectivity index (χ3v) is 5.03. The van der Waals surface area contributed by atoms with E-state index < -0.39 is 29.7 Å². The third kappa shape index (κ3) is 7.37. The van der Waals surface area contributed by atoms with Gasteiger partial charge in [-0.25, -0.2) is 4.79 Å². The second-order valence-electron chi connectivity index (χ2n) is 7.64. The highest BCUT2D eigenvalue weighted by atomic mass is 19.4. The quantitative estimate of drug-likeness (QED) is 0.459. The average Bonchev–Trinajstić information content (AvgIpc) is 2.82. The van der Waals surface area contributed by atoms with E-state index >= 15 is 0 Å². The fraction of sp³-hybridized carbons (Fsp3) is 0.231. The molecule has 3 aromatic carbocycles. The van der Waals surface area contributed by atoms with Crippen LogP contribution in [-0.4, -0.2) is 25.0 Å². The van der Waals surface area contributed by atoms with Gasteiger partial charge in [-0.15, -0.1) is 0 Å². The highest BCUT2D eigenvalue weighted by Crippen LogP contribution is 2.29. The lowest BCUT2D eigenvalue weighted by atomic mass is 10.0. The molecule has 3 aromatic rings. The fourth-order valence-electron chi connectivity index (χ4n) is 3.36. The van der Waals surface area contributed by atoms with E-state index in [0.717, 1.165) is 23.3 Å². The molecular weight excluding hydrogens is 447 g/mol. The van der Waals surface area contributed by atoms with E-state index in [1.54, 1.807) is 24.3 Å². The molecule has 0 spiro atoms. The molecule has 0 fully saturated rings. The molecule has 1 amide bonds. The number of nitrogens with one attached hydrogen (secondary N) is 1. The van der Waals surface area contributed by atoms with Crippen LogP contribution in [0.25, 0.3) is 0 Å². The number of benzene rings is 3. The number of methoxy groups -OCH3 is 1. The standard InChI is InChI=1S/C26H24F3NO4/c1-33-25(32)23(30-24(31)16-19-9-5-11-21(13-19)26(27,28)29)15-20-10-6-12-22(14-20)34-17-18-7-3-2-4-8-18/h2-14,23H,15-17H2,1H3,(H,30,31)/t23-/m0/s1. The van der Waals surface area contributed by atoms with Crippen molar-refractivity contribution in [2.75, 3.05) is 7.11 Å². The Kier molecular flexibility index (Phi) is 8.29. The van der Waals surface area contributed by atoms with Gasteiger partial charge < -0.3 is 14.8 Å². The van der Waals surface area contributed by atoms with Crippen LogP contribution in [0.1, 0.15) is 22.3 Å². The predicted molar refractivity (Wildman–Crippen MR) is 120 cm³/mol. The van der Waals surface area contributed by atoms with Gasteiger partial charge in [-0.3, -0.25) is 4.79 Å². The Morgan fingerprint density at radius 3 is 2.26 bits per heavy atom. The summed E-state index contributed by atoms with van der Waals surface area (Å²) in [5.74, 6) is -0.653. The molecule has 0 bridgehead atoms. The lowest BCUT2D eigenvalue weighted by molar-refractivity contribution is -0.145. The van der Waals surface area contributed by atoms with Crippen LogP contribution in [0.15, 0.2) is 78.9 Å². The van der Waals surface area contributed by atoms with Gasteiger partial charge in [0.2, 0.25) is 5.91 Å². The van der Waals surface area contributed by atoms with Gasteiger partial charge in [0.1, 0.15) is 18.4 Å². The maximum Gasteiger partial charge on any atom is 0.416 e. The lowest BCUT2D eigenvalue weighted by Crippen LogP contribution is -2.43. The van der Waals surface area contributed by atoms with Crippen LogP contribution in [0.3, 0.4) is 0 Å². The number of hydrogen-bond acceptors (Lipinski definition) is 4. The maximum atomic E-state index is 12.9. The Balaban J connectivity index is 1.65. The van der Waals surface area contributed by atoms with Crippen molar-refractivity contribution < 1.29 is 32.2 Å².